The number of anilines is 3. The average molecular weight is 326 g/mol. The predicted molar refractivity (Wildman–Crippen MR) is 91.0 cm³/mol. The maximum absolute atomic E-state index is 5.57. The lowest BCUT2D eigenvalue weighted by atomic mass is 10.2. The fourth-order valence-corrected chi connectivity index (χ4v) is 2.82. The van der Waals surface area contributed by atoms with Crippen LogP contribution in [0, 0.1) is 0 Å². The molecule has 0 unspecified atom stereocenters. The molecule has 8 heteroatoms. The molecule has 2 N–H and O–H groups in total. The second-order valence-corrected chi connectivity index (χ2v) is 5.46. The number of nitrogens with one attached hydrogen (secondary N) is 2. The number of aromatic nitrogens is 4. The van der Waals surface area contributed by atoms with Crippen LogP contribution in [0.1, 0.15) is 0 Å². The summed E-state index contributed by atoms with van der Waals surface area (Å²) < 4.78 is 11.0. The molecule has 1 fully saturated rings. The van der Waals surface area contributed by atoms with Crippen LogP contribution in [0.25, 0.3) is 11.0 Å². The highest BCUT2D eigenvalue weighted by atomic mass is 16.5. The summed E-state index contributed by atoms with van der Waals surface area (Å²) in [7, 11) is 1.68. The Morgan fingerprint density at radius 1 is 1.25 bits per heavy atom. The van der Waals surface area contributed by atoms with Gasteiger partial charge in [-0.1, -0.05) is 0 Å². The summed E-state index contributed by atoms with van der Waals surface area (Å²) in [5.74, 6) is 1.50. The van der Waals surface area contributed by atoms with Gasteiger partial charge in [0.25, 0.3) is 0 Å². The number of fused-ring (bicyclic) bond motifs is 1. The topological polar surface area (TPSA) is 88.2 Å². The molecule has 0 amide bonds. The van der Waals surface area contributed by atoms with Gasteiger partial charge in [-0.2, -0.15) is 5.10 Å². The molecule has 8 nitrogen and oxygen atoms in total. The van der Waals surface area contributed by atoms with Gasteiger partial charge in [-0.3, -0.25) is 5.10 Å². The standard InChI is InChI=1S/C16H18N6O2/c1-23-14-8-11(2-3-13(14)22-4-6-24-7-5-22)20-16-15-12(9-19-21-15)17-10-18-16/h2-3,8-10H,4-7H2,1H3,(H,19,21)(H,17,18,20). The highest BCUT2D eigenvalue weighted by Crippen LogP contribution is 2.33. The molecule has 4 rings (SSSR count). The van der Waals surface area contributed by atoms with E-state index in [1.54, 1.807) is 13.3 Å². The van der Waals surface area contributed by atoms with Crippen molar-refractivity contribution in [3.05, 3.63) is 30.7 Å². The number of methoxy groups -OCH3 is 1. The molecule has 2 aromatic heterocycles. The summed E-state index contributed by atoms with van der Waals surface area (Å²) in [4.78, 5) is 10.7. The van der Waals surface area contributed by atoms with Crippen molar-refractivity contribution in [1.82, 2.24) is 20.2 Å². The Labute approximate surface area is 138 Å². The minimum Gasteiger partial charge on any atom is -0.495 e. The molecule has 1 aromatic carbocycles. The van der Waals surface area contributed by atoms with Gasteiger partial charge in [0.2, 0.25) is 0 Å². The summed E-state index contributed by atoms with van der Waals surface area (Å²) in [5, 5.41) is 10.2. The second-order valence-electron chi connectivity index (χ2n) is 5.46. The molecule has 0 spiro atoms. The maximum atomic E-state index is 5.57. The molecule has 1 aliphatic rings. The molecule has 1 saturated heterocycles. The van der Waals surface area contributed by atoms with E-state index in [0.29, 0.717) is 5.82 Å². The molecule has 1 aliphatic heterocycles. The van der Waals surface area contributed by atoms with Gasteiger partial charge in [0, 0.05) is 24.8 Å². The number of benzene rings is 1. The number of rotatable bonds is 4. The third-order valence-electron chi connectivity index (χ3n) is 4.03. The number of hydrogen-bond donors (Lipinski definition) is 2. The van der Waals surface area contributed by atoms with E-state index in [4.69, 9.17) is 9.47 Å². The van der Waals surface area contributed by atoms with Crippen molar-refractivity contribution < 1.29 is 9.47 Å². The van der Waals surface area contributed by atoms with Crippen LogP contribution in [-0.4, -0.2) is 53.6 Å². The average Bonchev–Trinajstić information content (AvgIpc) is 3.12. The molecule has 24 heavy (non-hydrogen) atoms. The van der Waals surface area contributed by atoms with E-state index >= 15 is 0 Å². The third-order valence-corrected chi connectivity index (χ3v) is 4.03. The molecule has 124 valence electrons. The molecule has 3 aromatic rings. The van der Waals surface area contributed by atoms with Crippen LogP contribution in [0.3, 0.4) is 0 Å². The number of aromatic amines is 1. The first-order valence-electron chi connectivity index (χ1n) is 7.77. The van der Waals surface area contributed by atoms with Crippen LogP contribution < -0.4 is 15.0 Å². The summed E-state index contributed by atoms with van der Waals surface area (Å²) in [6, 6.07) is 6.03. The quantitative estimate of drug-likeness (QED) is 0.757. The summed E-state index contributed by atoms with van der Waals surface area (Å²) in [6.07, 6.45) is 3.18. The predicted octanol–water partition coefficient (Wildman–Crippen LogP) is 1.94. The van der Waals surface area contributed by atoms with Crippen LogP contribution in [0.15, 0.2) is 30.7 Å². The Morgan fingerprint density at radius 2 is 2.12 bits per heavy atom. The zero-order valence-corrected chi connectivity index (χ0v) is 13.3. The SMILES string of the molecule is COc1cc(Nc2ncnc3cn[nH]c23)ccc1N1CCOCC1. The van der Waals surface area contributed by atoms with Gasteiger partial charge < -0.3 is 19.7 Å². The molecule has 0 atom stereocenters. The molecule has 0 bridgehead atoms. The van der Waals surface area contributed by atoms with Gasteiger partial charge in [-0.05, 0) is 12.1 Å². The van der Waals surface area contributed by atoms with Crippen molar-refractivity contribution in [2.45, 2.75) is 0 Å². The molecular weight excluding hydrogens is 308 g/mol. The molecule has 0 radical (unpaired) electrons. The van der Waals surface area contributed by atoms with Gasteiger partial charge in [-0.25, -0.2) is 9.97 Å². The fourth-order valence-electron chi connectivity index (χ4n) is 2.82. The van der Waals surface area contributed by atoms with Crippen molar-refractivity contribution in [2.24, 2.45) is 0 Å². The first-order chi connectivity index (χ1) is 11.8. The van der Waals surface area contributed by atoms with Gasteiger partial charge in [0.15, 0.2) is 5.82 Å². The van der Waals surface area contributed by atoms with E-state index in [1.165, 1.54) is 6.33 Å². The van der Waals surface area contributed by atoms with Crippen LogP contribution in [0.4, 0.5) is 17.2 Å². The van der Waals surface area contributed by atoms with Crippen LogP contribution in [-0.2, 0) is 4.74 Å². The molecular formula is C16H18N6O2. The zero-order chi connectivity index (χ0) is 16.4. The van der Waals surface area contributed by atoms with Crippen LogP contribution in [0.2, 0.25) is 0 Å². The van der Waals surface area contributed by atoms with E-state index in [2.05, 4.69) is 36.4 Å². The lowest BCUT2D eigenvalue weighted by molar-refractivity contribution is 0.122. The Kier molecular flexibility index (Phi) is 3.87. The van der Waals surface area contributed by atoms with Crippen molar-refractivity contribution in [1.29, 1.82) is 0 Å². The third kappa shape index (κ3) is 2.71. The van der Waals surface area contributed by atoms with Crippen molar-refractivity contribution in [3.8, 4) is 5.75 Å². The molecule has 0 saturated carbocycles. The number of nitrogens with zero attached hydrogens (tertiary/aromatic N) is 4. The van der Waals surface area contributed by atoms with Crippen LogP contribution >= 0.6 is 0 Å². The van der Waals surface area contributed by atoms with E-state index in [-0.39, 0.29) is 0 Å². The maximum Gasteiger partial charge on any atom is 0.159 e. The van der Waals surface area contributed by atoms with Crippen molar-refractivity contribution >= 4 is 28.2 Å². The molecule has 0 aliphatic carbocycles. The molecule has 3 heterocycles. The number of hydrogen-bond acceptors (Lipinski definition) is 7. The number of H-pyrrole nitrogens is 1. The monoisotopic (exact) mass is 326 g/mol. The van der Waals surface area contributed by atoms with Gasteiger partial charge in [0.1, 0.15) is 23.1 Å². The Morgan fingerprint density at radius 3 is 2.96 bits per heavy atom. The summed E-state index contributed by atoms with van der Waals surface area (Å²) in [5.41, 5.74) is 3.50. The summed E-state index contributed by atoms with van der Waals surface area (Å²) >= 11 is 0. The van der Waals surface area contributed by atoms with E-state index in [9.17, 15) is 0 Å². The van der Waals surface area contributed by atoms with E-state index < -0.39 is 0 Å². The van der Waals surface area contributed by atoms with Crippen LogP contribution in [0.5, 0.6) is 5.75 Å². The lowest BCUT2D eigenvalue weighted by Crippen LogP contribution is -2.36. The largest absolute Gasteiger partial charge is 0.495 e. The zero-order valence-electron chi connectivity index (χ0n) is 13.3. The fraction of sp³-hybridized carbons (Fsp3) is 0.312. The smallest absolute Gasteiger partial charge is 0.159 e. The lowest BCUT2D eigenvalue weighted by Gasteiger charge is -2.30. The van der Waals surface area contributed by atoms with Crippen molar-refractivity contribution in [3.63, 3.8) is 0 Å². The second kappa shape index (κ2) is 6.32. The van der Waals surface area contributed by atoms with Gasteiger partial charge in [0.05, 0.1) is 32.2 Å². The summed E-state index contributed by atoms with van der Waals surface area (Å²) in [6.45, 7) is 3.21. The Bertz CT molecular complexity index is 843. The Balaban J connectivity index is 1.63. The highest BCUT2D eigenvalue weighted by Gasteiger charge is 2.16. The normalized spacial score (nSPS) is 14.8. The first-order valence-corrected chi connectivity index (χ1v) is 7.77. The van der Waals surface area contributed by atoms with Gasteiger partial charge in [-0.15, -0.1) is 0 Å². The number of morpholine rings is 1. The first kappa shape index (κ1) is 14.7. The van der Waals surface area contributed by atoms with E-state index in [0.717, 1.165) is 54.5 Å². The Hall–Kier alpha value is -2.87. The minimum atomic E-state index is 0.679. The van der Waals surface area contributed by atoms with Crippen molar-refractivity contribution in [2.75, 3.05) is 43.6 Å². The number of ether oxygens (including phenoxy) is 2. The highest BCUT2D eigenvalue weighted by molar-refractivity contribution is 5.86. The van der Waals surface area contributed by atoms with E-state index in [1.807, 2.05) is 12.1 Å². The minimum absolute atomic E-state index is 0.679. The van der Waals surface area contributed by atoms with Gasteiger partial charge >= 0.3 is 0 Å².